The van der Waals surface area contributed by atoms with Gasteiger partial charge >= 0.3 is 12.3 Å². The molecule has 2 aliphatic rings. The topological polar surface area (TPSA) is 116 Å². The Morgan fingerprint density at radius 1 is 1.05 bits per heavy atom. The van der Waals surface area contributed by atoms with Crippen molar-refractivity contribution < 1.29 is 32.2 Å². The molecule has 2 saturated heterocycles. The largest absolute Gasteiger partial charge is 0.474 e. The number of hydrogen-bond donors (Lipinski definition) is 1. The average molecular weight is 559 g/mol. The molecule has 2 aliphatic heterocycles. The van der Waals surface area contributed by atoms with Crippen molar-refractivity contribution in [2.45, 2.75) is 31.7 Å². The molecule has 40 heavy (non-hydrogen) atoms. The lowest BCUT2D eigenvalue weighted by Crippen LogP contribution is -2.42. The number of anilines is 2. The summed E-state index contributed by atoms with van der Waals surface area (Å²) in [5.41, 5.74) is 5.31. The molecular weight excluding hydrogens is 529 g/mol. The molecule has 13 heteroatoms. The van der Waals surface area contributed by atoms with E-state index in [2.05, 4.69) is 15.0 Å². The van der Waals surface area contributed by atoms with Gasteiger partial charge in [0.1, 0.15) is 18.5 Å². The number of benzene rings is 1. The number of nitrogens with two attached hydrogens (primary N) is 1. The third-order valence-electron chi connectivity index (χ3n) is 6.68. The molecule has 1 amide bonds. The number of rotatable bonds is 6. The number of likely N-dealkylation sites (tertiary alicyclic amines) is 1. The Balaban J connectivity index is 1.31. The lowest BCUT2D eigenvalue weighted by Gasteiger charge is -2.32. The van der Waals surface area contributed by atoms with Gasteiger partial charge in [0.15, 0.2) is 0 Å². The van der Waals surface area contributed by atoms with Gasteiger partial charge in [0, 0.05) is 56.8 Å². The minimum absolute atomic E-state index is 0.0215. The van der Waals surface area contributed by atoms with Gasteiger partial charge in [0.25, 0.3) is 0 Å². The average Bonchev–Trinajstić information content (AvgIpc) is 2.96. The lowest BCUT2D eigenvalue weighted by molar-refractivity contribution is -0.137. The Labute approximate surface area is 228 Å². The summed E-state index contributed by atoms with van der Waals surface area (Å²) >= 11 is 0. The summed E-state index contributed by atoms with van der Waals surface area (Å²) in [6.07, 6.45) is -3.30. The minimum atomic E-state index is -4.67. The molecule has 10 nitrogen and oxygen atoms in total. The van der Waals surface area contributed by atoms with Crippen LogP contribution in [0.4, 0.5) is 29.7 Å². The monoisotopic (exact) mass is 558 g/mol. The standard InChI is InChI=1S/C27H29F3N6O4/c28-27(29,30)21-14-23(31)32-16-20(21)22-15-24(34-25(33-22)35-10-12-38-13-11-35)40-19-6-8-36(9-7-19)26(37)39-17-18-4-2-1-3-5-18/h1-5,14-16,19H,6-13,17H2,(H2,31,32). The lowest BCUT2D eigenvalue weighted by atomic mass is 10.1. The Morgan fingerprint density at radius 3 is 2.48 bits per heavy atom. The summed E-state index contributed by atoms with van der Waals surface area (Å²) in [5.74, 6) is 0.133. The van der Waals surface area contributed by atoms with E-state index in [4.69, 9.17) is 19.9 Å². The number of morpholine rings is 1. The Hall–Kier alpha value is -4.13. The van der Waals surface area contributed by atoms with E-state index in [1.165, 1.54) is 6.07 Å². The highest BCUT2D eigenvalue weighted by Crippen LogP contribution is 2.38. The van der Waals surface area contributed by atoms with Crippen LogP contribution in [0.15, 0.2) is 48.7 Å². The van der Waals surface area contributed by atoms with Crippen molar-refractivity contribution in [2.24, 2.45) is 0 Å². The summed E-state index contributed by atoms with van der Waals surface area (Å²) < 4.78 is 58.6. The molecule has 2 N–H and O–H groups in total. The van der Waals surface area contributed by atoms with Crippen molar-refractivity contribution >= 4 is 17.9 Å². The summed E-state index contributed by atoms with van der Waals surface area (Å²) in [6.45, 7) is 2.86. The van der Waals surface area contributed by atoms with Crippen LogP contribution in [0, 0.1) is 0 Å². The number of pyridine rings is 1. The van der Waals surface area contributed by atoms with Crippen molar-refractivity contribution in [1.82, 2.24) is 19.9 Å². The third kappa shape index (κ3) is 6.71. The van der Waals surface area contributed by atoms with E-state index in [0.29, 0.717) is 52.2 Å². The number of halogens is 3. The maximum Gasteiger partial charge on any atom is 0.417 e. The van der Waals surface area contributed by atoms with Gasteiger partial charge in [-0.2, -0.15) is 18.2 Å². The van der Waals surface area contributed by atoms with Gasteiger partial charge in [-0.25, -0.2) is 14.8 Å². The molecule has 5 rings (SSSR count). The second-order valence-corrected chi connectivity index (χ2v) is 9.49. The molecule has 4 heterocycles. The van der Waals surface area contributed by atoms with Crippen LogP contribution in [-0.2, 0) is 22.3 Å². The second kappa shape index (κ2) is 11.9. The fourth-order valence-corrected chi connectivity index (χ4v) is 4.56. The maximum absolute atomic E-state index is 13.9. The second-order valence-electron chi connectivity index (χ2n) is 9.49. The van der Waals surface area contributed by atoms with Crippen LogP contribution in [0.5, 0.6) is 5.88 Å². The maximum atomic E-state index is 13.9. The first-order valence-corrected chi connectivity index (χ1v) is 12.9. The molecule has 0 unspecified atom stereocenters. The Morgan fingerprint density at radius 2 is 1.77 bits per heavy atom. The quantitative estimate of drug-likeness (QED) is 0.476. The first kappa shape index (κ1) is 27.4. The van der Waals surface area contributed by atoms with Gasteiger partial charge in [-0.15, -0.1) is 0 Å². The van der Waals surface area contributed by atoms with Gasteiger partial charge in [-0.05, 0) is 11.6 Å². The summed E-state index contributed by atoms with van der Waals surface area (Å²) in [4.78, 5) is 28.8. The Kier molecular flexibility index (Phi) is 8.19. The van der Waals surface area contributed by atoms with Crippen molar-refractivity contribution in [1.29, 1.82) is 0 Å². The van der Waals surface area contributed by atoms with Crippen molar-refractivity contribution in [2.75, 3.05) is 50.0 Å². The molecule has 1 aromatic carbocycles. The van der Waals surface area contributed by atoms with E-state index in [-0.39, 0.29) is 41.6 Å². The number of carbonyl (C=O) groups excluding carboxylic acids is 1. The zero-order chi connectivity index (χ0) is 28.1. The van der Waals surface area contributed by atoms with Crippen LogP contribution in [0.1, 0.15) is 24.0 Å². The summed E-state index contributed by atoms with van der Waals surface area (Å²) in [6, 6.07) is 11.6. The number of ether oxygens (including phenoxy) is 3. The van der Waals surface area contributed by atoms with E-state index in [9.17, 15) is 18.0 Å². The van der Waals surface area contributed by atoms with Crippen molar-refractivity contribution in [3.8, 4) is 17.1 Å². The van der Waals surface area contributed by atoms with Gasteiger partial charge in [0.05, 0.1) is 24.5 Å². The number of piperidine rings is 1. The number of alkyl halides is 3. The van der Waals surface area contributed by atoms with Crippen LogP contribution < -0.4 is 15.4 Å². The number of aromatic nitrogens is 3. The Bertz CT molecular complexity index is 1310. The first-order valence-electron chi connectivity index (χ1n) is 12.9. The third-order valence-corrected chi connectivity index (χ3v) is 6.68. The SMILES string of the molecule is Nc1cc(C(F)(F)F)c(-c2cc(OC3CCN(C(=O)OCc4ccccc4)CC3)nc(N3CCOCC3)n2)cn1. The zero-order valence-electron chi connectivity index (χ0n) is 21.6. The van der Waals surface area contributed by atoms with Crippen LogP contribution in [-0.4, -0.2) is 71.4 Å². The van der Waals surface area contributed by atoms with Crippen LogP contribution >= 0.6 is 0 Å². The number of carbonyl (C=O) groups is 1. The van der Waals surface area contributed by atoms with E-state index < -0.39 is 17.8 Å². The molecule has 0 atom stereocenters. The number of hydrogen-bond acceptors (Lipinski definition) is 9. The molecule has 2 aromatic heterocycles. The molecule has 2 fully saturated rings. The smallest absolute Gasteiger partial charge is 0.417 e. The van der Waals surface area contributed by atoms with Crippen LogP contribution in [0.3, 0.4) is 0 Å². The fourth-order valence-electron chi connectivity index (χ4n) is 4.56. The van der Waals surface area contributed by atoms with Gasteiger partial charge in [-0.3, -0.25) is 0 Å². The fraction of sp³-hybridized carbons (Fsp3) is 0.407. The highest BCUT2D eigenvalue weighted by atomic mass is 19.4. The molecule has 0 radical (unpaired) electrons. The number of nitrogen functional groups attached to an aromatic ring is 1. The normalized spacial score (nSPS) is 16.6. The molecule has 212 valence electrons. The first-order chi connectivity index (χ1) is 19.3. The van der Waals surface area contributed by atoms with Crippen LogP contribution in [0.25, 0.3) is 11.3 Å². The van der Waals surface area contributed by atoms with E-state index in [1.54, 1.807) is 4.90 Å². The predicted octanol–water partition coefficient (Wildman–Crippen LogP) is 4.16. The van der Waals surface area contributed by atoms with E-state index in [1.807, 2.05) is 35.2 Å². The minimum Gasteiger partial charge on any atom is -0.474 e. The molecule has 0 bridgehead atoms. The van der Waals surface area contributed by atoms with E-state index >= 15 is 0 Å². The predicted molar refractivity (Wildman–Crippen MR) is 140 cm³/mol. The zero-order valence-corrected chi connectivity index (χ0v) is 21.6. The number of nitrogens with zero attached hydrogens (tertiary/aromatic N) is 5. The highest BCUT2D eigenvalue weighted by Gasteiger charge is 2.35. The van der Waals surface area contributed by atoms with E-state index in [0.717, 1.165) is 17.8 Å². The molecule has 0 saturated carbocycles. The summed E-state index contributed by atoms with van der Waals surface area (Å²) in [7, 11) is 0. The van der Waals surface area contributed by atoms with Gasteiger partial charge in [0.2, 0.25) is 11.8 Å². The highest BCUT2D eigenvalue weighted by molar-refractivity contribution is 5.68. The molecule has 0 aliphatic carbocycles. The van der Waals surface area contributed by atoms with Crippen molar-refractivity contribution in [3.05, 3.63) is 59.8 Å². The van der Waals surface area contributed by atoms with Crippen molar-refractivity contribution in [3.63, 3.8) is 0 Å². The number of amides is 1. The molecule has 3 aromatic rings. The van der Waals surface area contributed by atoms with Gasteiger partial charge in [-0.1, -0.05) is 30.3 Å². The van der Waals surface area contributed by atoms with Gasteiger partial charge < -0.3 is 29.7 Å². The summed E-state index contributed by atoms with van der Waals surface area (Å²) in [5, 5.41) is 0. The van der Waals surface area contributed by atoms with Crippen LogP contribution in [0.2, 0.25) is 0 Å². The molecule has 0 spiro atoms. The molecular formula is C27H29F3N6O4.